The van der Waals surface area contributed by atoms with Crippen molar-refractivity contribution in [1.29, 1.82) is 0 Å². The lowest BCUT2D eigenvalue weighted by molar-refractivity contribution is -0.222. The average Bonchev–Trinajstić information content (AvgIpc) is 2.89. The predicted molar refractivity (Wildman–Crippen MR) is 66.1 cm³/mol. The Kier molecular flexibility index (Phi) is 4.55. The molecule has 0 aliphatic carbocycles. The highest BCUT2D eigenvalue weighted by atomic mass is 19.4. The van der Waals surface area contributed by atoms with Crippen LogP contribution in [0.5, 0.6) is 0 Å². The van der Waals surface area contributed by atoms with Gasteiger partial charge in [-0.25, -0.2) is 0 Å². The molecular weight excluding hydrogens is 275 g/mol. The zero-order valence-corrected chi connectivity index (χ0v) is 11.2. The van der Waals surface area contributed by atoms with Gasteiger partial charge in [0.2, 0.25) is 5.91 Å². The van der Waals surface area contributed by atoms with Crippen LogP contribution in [-0.4, -0.2) is 79.4 Å². The van der Waals surface area contributed by atoms with Crippen molar-refractivity contribution in [3.63, 3.8) is 0 Å². The highest BCUT2D eigenvalue weighted by molar-refractivity contribution is 5.84. The van der Waals surface area contributed by atoms with Crippen molar-refractivity contribution in [2.75, 3.05) is 52.4 Å². The number of hydrogen-bond donors (Lipinski definition) is 2. The molecule has 2 aliphatic heterocycles. The maximum atomic E-state index is 13.3. The number of amides is 1. The Morgan fingerprint density at radius 2 is 1.90 bits per heavy atom. The Hall–Kier alpha value is -0.860. The highest BCUT2D eigenvalue weighted by Gasteiger charge is 2.62. The first-order chi connectivity index (χ1) is 9.40. The molecule has 2 saturated heterocycles. The summed E-state index contributed by atoms with van der Waals surface area (Å²) in [5, 5.41) is 11.5. The number of carbonyl (C=O) groups is 1. The van der Waals surface area contributed by atoms with E-state index in [1.807, 2.05) is 4.90 Å². The van der Waals surface area contributed by atoms with E-state index < -0.39 is 17.5 Å². The minimum atomic E-state index is -4.52. The van der Waals surface area contributed by atoms with Crippen molar-refractivity contribution in [3.8, 4) is 0 Å². The minimum Gasteiger partial charge on any atom is -0.395 e. The molecule has 2 aliphatic rings. The van der Waals surface area contributed by atoms with Gasteiger partial charge in [0.05, 0.1) is 6.61 Å². The van der Waals surface area contributed by atoms with E-state index >= 15 is 0 Å². The van der Waals surface area contributed by atoms with Crippen LogP contribution in [-0.2, 0) is 4.79 Å². The molecule has 0 spiro atoms. The topological polar surface area (TPSA) is 55.8 Å². The summed E-state index contributed by atoms with van der Waals surface area (Å²) in [7, 11) is 0. The van der Waals surface area contributed by atoms with E-state index in [1.165, 1.54) is 4.90 Å². The third kappa shape index (κ3) is 2.77. The van der Waals surface area contributed by atoms with Gasteiger partial charge in [-0.1, -0.05) is 0 Å². The largest absolute Gasteiger partial charge is 0.404 e. The SMILES string of the molecule is O=C(N1CCN(CCO)CC1)C1(C(F)(F)F)CCNC1. The molecule has 2 heterocycles. The summed E-state index contributed by atoms with van der Waals surface area (Å²) in [5.41, 5.74) is -2.26. The molecule has 1 amide bonds. The maximum Gasteiger partial charge on any atom is 0.404 e. The highest BCUT2D eigenvalue weighted by Crippen LogP contribution is 2.44. The second-order valence-corrected chi connectivity index (χ2v) is 5.36. The fourth-order valence-electron chi connectivity index (χ4n) is 2.86. The molecule has 2 fully saturated rings. The molecule has 0 aromatic carbocycles. The third-order valence-corrected chi connectivity index (χ3v) is 4.18. The first-order valence-electron chi connectivity index (χ1n) is 6.81. The molecule has 1 atom stereocenters. The van der Waals surface area contributed by atoms with Crippen LogP contribution < -0.4 is 5.32 Å². The number of rotatable bonds is 3. The van der Waals surface area contributed by atoms with Crippen LogP contribution in [0.25, 0.3) is 0 Å². The summed E-state index contributed by atoms with van der Waals surface area (Å²) in [6.45, 7) is 1.99. The zero-order chi connectivity index (χ0) is 14.8. The number of nitrogens with zero attached hydrogens (tertiary/aromatic N) is 2. The van der Waals surface area contributed by atoms with Gasteiger partial charge >= 0.3 is 6.18 Å². The first kappa shape index (κ1) is 15.5. The summed E-state index contributed by atoms with van der Waals surface area (Å²) in [4.78, 5) is 15.6. The van der Waals surface area contributed by atoms with Crippen LogP contribution in [0.15, 0.2) is 0 Å². The quantitative estimate of drug-likeness (QED) is 0.748. The molecule has 5 nitrogen and oxygen atoms in total. The Labute approximate surface area is 115 Å². The molecule has 8 heteroatoms. The van der Waals surface area contributed by atoms with Crippen molar-refractivity contribution in [1.82, 2.24) is 15.1 Å². The van der Waals surface area contributed by atoms with Gasteiger partial charge in [-0.05, 0) is 13.0 Å². The number of aliphatic hydroxyl groups excluding tert-OH is 1. The molecular formula is C12H20F3N3O2. The van der Waals surface area contributed by atoms with Crippen LogP contribution >= 0.6 is 0 Å². The lowest BCUT2D eigenvalue weighted by atomic mass is 9.84. The molecule has 0 aromatic heterocycles. The molecule has 2 N–H and O–H groups in total. The van der Waals surface area contributed by atoms with Crippen LogP contribution in [0.4, 0.5) is 13.2 Å². The number of aliphatic hydroxyl groups is 1. The van der Waals surface area contributed by atoms with Gasteiger partial charge in [0.15, 0.2) is 5.41 Å². The van der Waals surface area contributed by atoms with E-state index in [0.717, 1.165) is 0 Å². The summed E-state index contributed by atoms with van der Waals surface area (Å²) in [5.74, 6) is -0.807. The fourth-order valence-corrected chi connectivity index (χ4v) is 2.86. The lowest BCUT2D eigenvalue weighted by Gasteiger charge is -2.40. The number of piperazine rings is 1. The number of carbonyl (C=O) groups excluding carboxylic acids is 1. The number of halogens is 3. The monoisotopic (exact) mass is 295 g/mol. The molecule has 0 bridgehead atoms. The van der Waals surface area contributed by atoms with Gasteiger partial charge in [-0.3, -0.25) is 9.69 Å². The minimum absolute atomic E-state index is 0.0182. The molecule has 0 radical (unpaired) electrons. The van der Waals surface area contributed by atoms with E-state index in [-0.39, 0.29) is 39.2 Å². The Morgan fingerprint density at radius 1 is 1.25 bits per heavy atom. The number of alkyl halides is 3. The number of β-amino-alcohol motifs (C(OH)–C–C–N with tert-alkyl or cyclic N) is 1. The van der Waals surface area contributed by atoms with Crippen molar-refractivity contribution in [3.05, 3.63) is 0 Å². The van der Waals surface area contributed by atoms with Crippen LogP contribution in [0.1, 0.15) is 6.42 Å². The Morgan fingerprint density at radius 3 is 2.35 bits per heavy atom. The van der Waals surface area contributed by atoms with Crippen LogP contribution in [0.3, 0.4) is 0 Å². The third-order valence-electron chi connectivity index (χ3n) is 4.18. The summed E-state index contributed by atoms with van der Waals surface area (Å²) in [6, 6.07) is 0. The van der Waals surface area contributed by atoms with Crippen LogP contribution in [0, 0.1) is 5.41 Å². The number of nitrogens with one attached hydrogen (secondary N) is 1. The Bertz CT molecular complexity index is 348. The standard InChI is InChI=1S/C12H20F3N3O2/c13-12(14,15)11(1-2-16-9-11)10(20)18-5-3-17(4-6-18)7-8-19/h16,19H,1-9H2. The normalized spacial score (nSPS) is 28.9. The maximum absolute atomic E-state index is 13.3. The van der Waals surface area contributed by atoms with Gasteiger partial charge in [-0.15, -0.1) is 0 Å². The van der Waals surface area contributed by atoms with Gasteiger partial charge in [0, 0.05) is 39.3 Å². The lowest BCUT2D eigenvalue weighted by Crippen LogP contribution is -2.58. The average molecular weight is 295 g/mol. The van der Waals surface area contributed by atoms with E-state index in [0.29, 0.717) is 19.6 Å². The van der Waals surface area contributed by atoms with Crippen molar-refractivity contribution >= 4 is 5.91 Å². The van der Waals surface area contributed by atoms with Crippen molar-refractivity contribution in [2.45, 2.75) is 12.6 Å². The van der Waals surface area contributed by atoms with Gasteiger partial charge in [0.25, 0.3) is 0 Å². The summed E-state index contributed by atoms with van der Waals surface area (Å²) >= 11 is 0. The second-order valence-electron chi connectivity index (χ2n) is 5.36. The van der Waals surface area contributed by atoms with Crippen molar-refractivity contribution in [2.24, 2.45) is 5.41 Å². The predicted octanol–water partition coefficient (Wildman–Crippen LogP) is -0.335. The molecule has 20 heavy (non-hydrogen) atoms. The molecule has 116 valence electrons. The molecule has 0 saturated carbocycles. The van der Waals surface area contributed by atoms with Crippen LogP contribution in [0.2, 0.25) is 0 Å². The van der Waals surface area contributed by atoms with Gasteiger partial charge in [-0.2, -0.15) is 13.2 Å². The fraction of sp³-hybridized carbons (Fsp3) is 0.917. The second kappa shape index (κ2) is 5.87. The van der Waals surface area contributed by atoms with Gasteiger partial charge < -0.3 is 15.3 Å². The van der Waals surface area contributed by atoms with Crippen molar-refractivity contribution < 1.29 is 23.1 Å². The number of hydrogen-bond acceptors (Lipinski definition) is 4. The van der Waals surface area contributed by atoms with E-state index in [4.69, 9.17) is 5.11 Å². The molecule has 1 unspecified atom stereocenters. The first-order valence-corrected chi connectivity index (χ1v) is 6.81. The van der Waals surface area contributed by atoms with E-state index in [1.54, 1.807) is 0 Å². The summed E-state index contributed by atoms with van der Waals surface area (Å²) < 4.78 is 39.9. The van der Waals surface area contributed by atoms with Gasteiger partial charge in [0.1, 0.15) is 0 Å². The Balaban J connectivity index is 2.03. The summed E-state index contributed by atoms with van der Waals surface area (Å²) in [6.07, 6.45) is -4.71. The smallest absolute Gasteiger partial charge is 0.395 e. The molecule has 0 aromatic rings. The van der Waals surface area contributed by atoms with E-state index in [2.05, 4.69) is 5.32 Å². The zero-order valence-electron chi connectivity index (χ0n) is 11.2. The van der Waals surface area contributed by atoms with E-state index in [9.17, 15) is 18.0 Å². The molecule has 2 rings (SSSR count).